The van der Waals surface area contributed by atoms with Crippen LogP contribution in [0.5, 0.6) is 5.75 Å². The van der Waals surface area contributed by atoms with Crippen LogP contribution in [0, 0.1) is 7.14 Å². The topological polar surface area (TPSA) is 26.3 Å². The fraction of sp³-hybridized carbons (Fsp3) is 0.125. The molecule has 2 nitrogen and oxygen atoms in total. The van der Waals surface area contributed by atoms with Crippen LogP contribution in [-0.4, -0.2) is 5.97 Å². The quantitative estimate of drug-likeness (QED) is 0.421. The average Bonchev–Trinajstić information content (AvgIpc) is 1.97. The number of ether oxygens (including phenoxy) is 1. The highest BCUT2D eigenvalue weighted by molar-refractivity contribution is 14.1. The Balaban J connectivity index is 3.04. The summed E-state index contributed by atoms with van der Waals surface area (Å²) in [6.45, 7) is 1.40. The van der Waals surface area contributed by atoms with Crippen LogP contribution >= 0.6 is 45.2 Å². The lowest BCUT2D eigenvalue weighted by atomic mass is 10.3. The monoisotopic (exact) mass is 388 g/mol. The average molecular weight is 388 g/mol. The number of esters is 1. The molecule has 0 radical (unpaired) electrons. The summed E-state index contributed by atoms with van der Waals surface area (Å²) in [5.74, 6) is 0.378. The van der Waals surface area contributed by atoms with Gasteiger partial charge in [0.05, 0.1) is 7.14 Å². The zero-order chi connectivity index (χ0) is 9.14. The van der Waals surface area contributed by atoms with Gasteiger partial charge in [-0.1, -0.05) is 6.07 Å². The van der Waals surface area contributed by atoms with Gasteiger partial charge < -0.3 is 4.74 Å². The molecule has 0 aliphatic carbocycles. The third-order valence-electron chi connectivity index (χ3n) is 1.16. The minimum atomic E-state index is -0.281. The highest BCUT2D eigenvalue weighted by Gasteiger charge is 2.06. The van der Waals surface area contributed by atoms with Crippen molar-refractivity contribution in [3.8, 4) is 5.75 Å². The lowest BCUT2D eigenvalue weighted by Gasteiger charge is -2.05. The number of halogens is 2. The van der Waals surface area contributed by atoms with Gasteiger partial charge >= 0.3 is 5.97 Å². The molecule has 64 valence electrons. The Morgan fingerprint density at radius 3 is 2.25 bits per heavy atom. The first-order chi connectivity index (χ1) is 5.61. The van der Waals surface area contributed by atoms with Crippen molar-refractivity contribution in [1.29, 1.82) is 0 Å². The van der Waals surface area contributed by atoms with Gasteiger partial charge in [-0.2, -0.15) is 0 Å². The number of benzene rings is 1. The standard InChI is InChI=1S/C8H6I2O2/c1-5(11)12-8-6(9)3-2-4-7(8)10/h2-4H,1H3. The Labute approximate surface area is 98.0 Å². The molecule has 0 aliphatic heterocycles. The van der Waals surface area contributed by atoms with E-state index in [1.807, 2.05) is 18.2 Å². The third kappa shape index (κ3) is 2.58. The molecule has 0 aromatic heterocycles. The first-order valence-corrected chi connectivity index (χ1v) is 5.39. The van der Waals surface area contributed by atoms with Gasteiger partial charge in [0.25, 0.3) is 0 Å². The van der Waals surface area contributed by atoms with E-state index in [1.54, 1.807) is 0 Å². The van der Waals surface area contributed by atoms with Crippen molar-refractivity contribution in [1.82, 2.24) is 0 Å². The lowest BCUT2D eigenvalue weighted by Crippen LogP contribution is -2.04. The molecular weight excluding hydrogens is 382 g/mol. The van der Waals surface area contributed by atoms with Gasteiger partial charge in [0, 0.05) is 6.92 Å². The van der Waals surface area contributed by atoms with Crippen LogP contribution in [0.15, 0.2) is 18.2 Å². The molecule has 0 spiro atoms. The van der Waals surface area contributed by atoms with Crippen molar-refractivity contribution in [2.24, 2.45) is 0 Å². The van der Waals surface area contributed by atoms with E-state index in [-0.39, 0.29) is 5.97 Å². The summed E-state index contributed by atoms with van der Waals surface area (Å²) in [5.41, 5.74) is 0. The largest absolute Gasteiger partial charge is 0.424 e. The zero-order valence-corrected chi connectivity index (χ0v) is 10.6. The number of hydrogen-bond acceptors (Lipinski definition) is 2. The molecule has 0 unspecified atom stereocenters. The number of carbonyl (C=O) groups excluding carboxylic acids is 1. The molecule has 1 rings (SSSR count). The van der Waals surface area contributed by atoms with Crippen molar-refractivity contribution in [3.05, 3.63) is 25.3 Å². The van der Waals surface area contributed by atoms with E-state index in [0.717, 1.165) is 7.14 Å². The van der Waals surface area contributed by atoms with E-state index in [9.17, 15) is 4.79 Å². The van der Waals surface area contributed by atoms with Gasteiger partial charge in [-0.15, -0.1) is 0 Å². The summed E-state index contributed by atoms with van der Waals surface area (Å²) in [6, 6.07) is 5.73. The molecule has 0 heterocycles. The van der Waals surface area contributed by atoms with Gasteiger partial charge in [-0.3, -0.25) is 4.79 Å². The van der Waals surface area contributed by atoms with Crippen LogP contribution in [0.3, 0.4) is 0 Å². The summed E-state index contributed by atoms with van der Waals surface area (Å²) < 4.78 is 6.93. The van der Waals surface area contributed by atoms with Crippen molar-refractivity contribution < 1.29 is 9.53 Å². The van der Waals surface area contributed by atoms with Crippen LogP contribution in [-0.2, 0) is 4.79 Å². The van der Waals surface area contributed by atoms with E-state index in [0.29, 0.717) is 5.75 Å². The zero-order valence-electron chi connectivity index (χ0n) is 6.30. The Hall–Kier alpha value is 0.150. The minimum absolute atomic E-state index is 0.281. The van der Waals surface area contributed by atoms with Crippen LogP contribution in [0.1, 0.15) is 6.92 Å². The van der Waals surface area contributed by atoms with Gasteiger partial charge in [0.15, 0.2) is 5.75 Å². The molecule has 0 bridgehead atoms. The fourth-order valence-electron chi connectivity index (χ4n) is 0.724. The fourth-order valence-corrected chi connectivity index (χ4v) is 2.46. The van der Waals surface area contributed by atoms with Crippen molar-refractivity contribution in [2.75, 3.05) is 0 Å². The SMILES string of the molecule is CC(=O)Oc1c(I)cccc1I. The summed E-state index contributed by atoms with van der Waals surface area (Å²) >= 11 is 4.27. The maximum atomic E-state index is 10.7. The van der Waals surface area contributed by atoms with E-state index >= 15 is 0 Å². The van der Waals surface area contributed by atoms with Crippen LogP contribution in [0.2, 0.25) is 0 Å². The number of carbonyl (C=O) groups is 1. The predicted molar refractivity (Wildman–Crippen MR) is 63.2 cm³/mol. The van der Waals surface area contributed by atoms with E-state index < -0.39 is 0 Å². The van der Waals surface area contributed by atoms with Crippen LogP contribution in [0.25, 0.3) is 0 Å². The molecule has 0 aliphatic rings. The highest BCUT2D eigenvalue weighted by Crippen LogP contribution is 2.26. The second kappa shape index (κ2) is 4.40. The molecule has 0 amide bonds. The second-order valence-corrected chi connectivity index (χ2v) is 4.47. The van der Waals surface area contributed by atoms with E-state index in [4.69, 9.17) is 4.74 Å². The molecule has 0 saturated heterocycles. The van der Waals surface area contributed by atoms with Gasteiger partial charge in [0.1, 0.15) is 0 Å². The minimum Gasteiger partial charge on any atom is -0.424 e. The van der Waals surface area contributed by atoms with Gasteiger partial charge in [-0.25, -0.2) is 0 Å². The number of rotatable bonds is 1. The Morgan fingerprint density at radius 2 is 1.83 bits per heavy atom. The van der Waals surface area contributed by atoms with Crippen LogP contribution in [0.4, 0.5) is 0 Å². The Morgan fingerprint density at radius 1 is 1.33 bits per heavy atom. The number of para-hydroxylation sites is 1. The molecule has 0 atom stereocenters. The molecule has 12 heavy (non-hydrogen) atoms. The molecular formula is C8H6I2O2. The second-order valence-electron chi connectivity index (χ2n) is 2.14. The first-order valence-electron chi connectivity index (χ1n) is 3.23. The van der Waals surface area contributed by atoms with Crippen LogP contribution < -0.4 is 4.74 Å². The van der Waals surface area contributed by atoms with Crippen molar-refractivity contribution in [2.45, 2.75) is 6.92 Å². The van der Waals surface area contributed by atoms with E-state index in [2.05, 4.69) is 45.2 Å². The predicted octanol–water partition coefficient (Wildman–Crippen LogP) is 2.82. The Bertz CT molecular complexity index is 290. The smallest absolute Gasteiger partial charge is 0.308 e. The van der Waals surface area contributed by atoms with Crippen molar-refractivity contribution >= 4 is 51.2 Å². The summed E-state index contributed by atoms with van der Waals surface area (Å²) in [4.78, 5) is 10.7. The molecule has 0 fully saturated rings. The Kier molecular flexibility index (Phi) is 3.76. The highest BCUT2D eigenvalue weighted by atomic mass is 127. The molecule has 4 heteroatoms. The normalized spacial score (nSPS) is 9.58. The molecule has 0 N–H and O–H groups in total. The maximum absolute atomic E-state index is 10.7. The molecule has 0 saturated carbocycles. The lowest BCUT2D eigenvalue weighted by molar-refractivity contribution is -0.131. The third-order valence-corrected chi connectivity index (χ3v) is 2.86. The first kappa shape index (κ1) is 10.2. The summed E-state index contributed by atoms with van der Waals surface area (Å²) in [6.07, 6.45) is 0. The maximum Gasteiger partial charge on any atom is 0.308 e. The molecule has 1 aromatic carbocycles. The summed E-state index contributed by atoms with van der Waals surface area (Å²) in [5, 5.41) is 0. The molecule has 1 aromatic rings. The summed E-state index contributed by atoms with van der Waals surface area (Å²) in [7, 11) is 0. The van der Waals surface area contributed by atoms with E-state index in [1.165, 1.54) is 6.92 Å². The van der Waals surface area contributed by atoms with Gasteiger partial charge in [0.2, 0.25) is 0 Å². The number of hydrogen-bond donors (Lipinski definition) is 0. The van der Waals surface area contributed by atoms with Gasteiger partial charge in [-0.05, 0) is 57.3 Å². The van der Waals surface area contributed by atoms with Crippen molar-refractivity contribution in [3.63, 3.8) is 0 Å².